The van der Waals surface area contributed by atoms with Gasteiger partial charge in [-0.3, -0.25) is 9.59 Å². The second kappa shape index (κ2) is 6.48. The Bertz CT molecular complexity index is 576. The molecular weight excluding hydrogens is 280 g/mol. The highest BCUT2D eigenvalue weighted by molar-refractivity contribution is 5.98. The van der Waals surface area contributed by atoms with Crippen molar-refractivity contribution in [2.75, 3.05) is 30.5 Å². The second-order valence-corrected chi connectivity index (χ2v) is 6.63. The number of anilines is 2. The van der Waals surface area contributed by atoms with E-state index in [0.29, 0.717) is 6.54 Å². The monoisotopic (exact) mass is 304 g/mol. The van der Waals surface area contributed by atoms with Crippen molar-refractivity contribution < 1.29 is 14.3 Å². The molecule has 1 heterocycles. The number of carbonyl (C=O) groups excluding carboxylic acids is 2. The van der Waals surface area contributed by atoms with E-state index in [1.54, 1.807) is 4.90 Å². The summed E-state index contributed by atoms with van der Waals surface area (Å²) in [4.78, 5) is 26.0. The van der Waals surface area contributed by atoms with E-state index < -0.39 is 5.41 Å². The first-order chi connectivity index (χ1) is 10.3. The van der Waals surface area contributed by atoms with Crippen molar-refractivity contribution in [2.45, 2.75) is 33.6 Å². The molecule has 0 atom stereocenters. The SMILES string of the molecule is COCC(=O)N1CCCc2ccc(NC(=O)C(C)(C)C)cc21. The van der Waals surface area contributed by atoms with Crippen molar-refractivity contribution in [1.29, 1.82) is 0 Å². The molecule has 0 unspecified atom stereocenters. The molecule has 0 spiro atoms. The number of nitrogens with zero attached hydrogens (tertiary/aromatic N) is 1. The Kier molecular flexibility index (Phi) is 4.86. The van der Waals surface area contributed by atoms with E-state index in [0.717, 1.165) is 29.8 Å². The number of amides is 2. The number of hydrogen-bond acceptors (Lipinski definition) is 3. The lowest BCUT2D eigenvalue weighted by molar-refractivity contribution is -0.123. The third-order valence-electron chi connectivity index (χ3n) is 3.71. The van der Waals surface area contributed by atoms with Crippen LogP contribution in [0.25, 0.3) is 0 Å². The number of methoxy groups -OCH3 is 1. The normalized spacial score (nSPS) is 14.5. The molecule has 1 aromatic carbocycles. The van der Waals surface area contributed by atoms with Gasteiger partial charge >= 0.3 is 0 Å². The predicted molar refractivity (Wildman–Crippen MR) is 87.1 cm³/mol. The number of aryl methyl sites for hydroxylation is 1. The van der Waals surface area contributed by atoms with Crippen molar-refractivity contribution in [3.05, 3.63) is 23.8 Å². The van der Waals surface area contributed by atoms with Crippen molar-refractivity contribution in [3.63, 3.8) is 0 Å². The Balaban J connectivity index is 2.26. The van der Waals surface area contributed by atoms with E-state index in [9.17, 15) is 9.59 Å². The minimum atomic E-state index is -0.457. The number of nitrogens with one attached hydrogen (secondary N) is 1. The first kappa shape index (κ1) is 16.5. The van der Waals surface area contributed by atoms with Gasteiger partial charge in [0.05, 0.1) is 0 Å². The molecule has 0 saturated carbocycles. The number of hydrogen-bond donors (Lipinski definition) is 1. The summed E-state index contributed by atoms with van der Waals surface area (Å²) in [5.41, 5.74) is 2.27. The molecule has 120 valence electrons. The largest absolute Gasteiger partial charge is 0.375 e. The van der Waals surface area contributed by atoms with E-state index in [2.05, 4.69) is 5.32 Å². The Hall–Kier alpha value is -1.88. The van der Waals surface area contributed by atoms with E-state index in [1.165, 1.54) is 7.11 Å². The summed E-state index contributed by atoms with van der Waals surface area (Å²) in [6.45, 7) is 6.36. The van der Waals surface area contributed by atoms with Crippen LogP contribution < -0.4 is 10.2 Å². The summed E-state index contributed by atoms with van der Waals surface area (Å²) in [5.74, 6) is -0.0965. The van der Waals surface area contributed by atoms with Gasteiger partial charge in [-0.25, -0.2) is 0 Å². The van der Waals surface area contributed by atoms with Gasteiger partial charge in [-0.2, -0.15) is 0 Å². The van der Waals surface area contributed by atoms with Crippen LogP contribution in [0.2, 0.25) is 0 Å². The molecule has 0 radical (unpaired) electrons. The fourth-order valence-electron chi connectivity index (χ4n) is 2.43. The minimum Gasteiger partial charge on any atom is -0.375 e. The average Bonchev–Trinajstić information content (AvgIpc) is 2.45. The summed E-state index contributed by atoms with van der Waals surface area (Å²) >= 11 is 0. The molecule has 2 amide bonds. The van der Waals surface area contributed by atoms with Gasteiger partial charge in [0.25, 0.3) is 5.91 Å². The molecule has 0 aromatic heterocycles. The summed E-state index contributed by atoms with van der Waals surface area (Å²) in [5, 5.41) is 2.92. The third kappa shape index (κ3) is 3.65. The molecule has 22 heavy (non-hydrogen) atoms. The highest BCUT2D eigenvalue weighted by Crippen LogP contribution is 2.30. The standard InChI is InChI=1S/C17H24N2O3/c1-17(2,3)16(21)18-13-8-7-12-6-5-9-19(14(12)10-13)15(20)11-22-4/h7-8,10H,5-6,9,11H2,1-4H3,(H,18,21). The van der Waals surface area contributed by atoms with Crippen molar-refractivity contribution in [1.82, 2.24) is 0 Å². The summed E-state index contributed by atoms with van der Waals surface area (Å²) in [6.07, 6.45) is 1.88. The fourth-order valence-corrected chi connectivity index (χ4v) is 2.43. The first-order valence-electron chi connectivity index (χ1n) is 7.56. The predicted octanol–water partition coefficient (Wildman–Crippen LogP) is 2.60. The van der Waals surface area contributed by atoms with Crippen LogP contribution >= 0.6 is 0 Å². The lowest BCUT2D eigenvalue weighted by atomic mass is 9.95. The number of benzene rings is 1. The highest BCUT2D eigenvalue weighted by atomic mass is 16.5. The molecule has 5 nitrogen and oxygen atoms in total. The molecule has 1 N–H and O–H groups in total. The van der Waals surface area contributed by atoms with Crippen molar-refractivity contribution >= 4 is 23.2 Å². The lowest BCUT2D eigenvalue weighted by Gasteiger charge is -2.30. The smallest absolute Gasteiger partial charge is 0.252 e. The first-order valence-corrected chi connectivity index (χ1v) is 7.56. The summed E-state index contributed by atoms with van der Waals surface area (Å²) in [7, 11) is 1.52. The maximum atomic E-state index is 12.2. The lowest BCUT2D eigenvalue weighted by Crippen LogP contribution is -2.37. The van der Waals surface area contributed by atoms with E-state index >= 15 is 0 Å². The average molecular weight is 304 g/mol. The Morgan fingerprint density at radius 3 is 2.68 bits per heavy atom. The van der Waals surface area contributed by atoms with Gasteiger partial charge in [-0.15, -0.1) is 0 Å². The van der Waals surface area contributed by atoms with Crippen molar-refractivity contribution in [3.8, 4) is 0 Å². The number of fused-ring (bicyclic) bond motifs is 1. The molecule has 0 saturated heterocycles. The number of carbonyl (C=O) groups is 2. The zero-order chi connectivity index (χ0) is 16.3. The van der Waals surface area contributed by atoms with Gasteiger partial charge in [-0.05, 0) is 30.5 Å². The maximum Gasteiger partial charge on any atom is 0.252 e. The van der Waals surface area contributed by atoms with Crippen LogP contribution in [0.3, 0.4) is 0 Å². The molecule has 5 heteroatoms. The van der Waals surface area contributed by atoms with Gasteiger partial charge in [0.1, 0.15) is 6.61 Å². The zero-order valence-corrected chi connectivity index (χ0v) is 13.7. The highest BCUT2D eigenvalue weighted by Gasteiger charge is 2.24. The van der Waals surface area contributed by atoms with Gasteiger partial charge in [0.2, 0.25) is 5.91 Å². The van der Waals surface area contributed by atoms with Crippen LogP contribution in [-0.4, -0.2) is 32.1 Å². The molecule has 1 aliphatic heterocycles. The second-order valence-electron chi connectivity index (χ2n) is 6.63. The minimum absolute atomic E-state index is 0.0435. The van der Waals surface area contributed by atoms with Crippen LogP contribution in [0.15, 0.2) is 18.2 Å². The number of rotatable bonds is 3. The Labute approximate surface area is 131 Å². The Morgan fingerprint density at radius 2 is 2.05 bits per heavy atom. The van der Waals surface area contributed by atoms with E-state index in [-0.39, 0.29) is 18.4 Å². The van der Waals surface area contributed by atoms with Gasteiger partial charge in [0.15, 0.2) is 0 Å². The van der Waals surface area contributed by atoms with Crippen molar-refractivity contribution in [2.24, 2.45) is 5.41 Å². The fraction of sp³-hybridized carbons (Fsp3) is 0.529. The van der Waals surface area contributed by atoms with E-state index in [4.69, 9.17) is 4.74 Å². The molecule has 0 fully saturated rings. The molecular formula is C17H24N2O3. The van der Waals surface area contributed by atoms with Gasteiger partial charge < -0.3 is 15.0 Å². The van der Waals surface area contributed by atoms with Crippen LogP contribution in [-0.2, 0) is 20.7 Å². The van der Waals surface area contributed by atoms with Crippen LogP contribution in [0.4, 0.5) is 11.4 Å². The zero-order valence-electron chi connectivity index (χ0n) is 13.7. The van der Waals surface area contributed by atoms with Crippen LogP contribution in [0, 0.1) is 5.41 Å². The van der Waals surface area contributed by atoms with Gasteiger partial charge in [-0.1, -0.05) is 26.8 Å². The summed E-state index contributed by atoms with van der Waals surface area (Å²) in [6, 6.07) is 5.76. The molecule has 0 aliphatic carbocycles. The third-order valence-corrected chi connectivity index (χ3v) is 3.71. The molecule has 1 aliphatic rings. The van der Waals surface area contributed by atoms with Crippen LogP contribution in [0.5, 0.6) is 0 Å². The molecule has 1 aromatic rings. The summed E-state index contributed by atoms with van der Waals surface area (Å²) < 4.78 is 4.95. The molecule has 0 bridgehead atoms. The maximum absolute atomic E-state index is 12.2. The quantitative estimate of drug-likeness (QED) is 0.934. The van der Waals surface area contributed by atoms with Gasteiger partial charge in [0, 0.05) is 30.4 Å². The Morgan fingerprint density at radius 1 is 1.32 bits per heavy atom. The van der Waals surface area contributed by atoms with Crippen LogP contribution in [0.1, 0.15) is 32.8 Å². The number of ether oxygens (including phenoxy) is 1. The molecule has 2 rings (SSSR count). The van der Waals surface area contributed by atoms with E-state index in [1.807, 2.05) is 39.0 Å². The topological polar surface area (TPSA) is 58.6 Å².